The van der Waals surface area contributed by atoms with Crippen molar-refractivity contribution in [2.45, 2.75) is 32.1 Å². The van der Waals surface area contributed by atoms with Crippen LogP contribution in [0.3, 0.4) is 0 Å². The summed E-state index contributed by atoms with van der Waals surface area (Å²) in [5.74, 6) is 2.78. The van der Waals surface area contributed by atoms with E-state index in [1.54, 1.807) is 6.07 Å². The number of carbonyl (C=O) groups excluding carboxylic acids is 1. The van der Waals surface area contributed by atoms with Crippen LogP contribution in [-0.2, 0) is 19.3 Å². The molecule has 0 spiro atoms. The van der Waals surface area contributed by atoms with Gasteiger partial charge in [-0.05, 0) is 43.4 Å². The Morgan fingerprint density at radius 3 is 2.71 bits per heavy atom. The number of ether oxygens (including phenoxy) is 2. The third kappa shape index (κ3) is 3.14. The lowest BCUT2D eigenvalue weighted by Gasteiger charge is -2.32. The number of hydrogen-bond donors (Lipinski definition) is 0. The zero-order valence-electron chi connectivity index (χ0n) is 15.9. The van der Waals surface area contributed by atoms with E-state index in [1.807, 2.05) is 23.1 Å². The Kier molecular flexibility index (Phi) is 4.67. The molecular formula is C23H24ClNO3. The monoisotopic (exact) mass is 397 g/mol. The van der Waals surface area contributed by atoms with Gasteiger partial charge in [0.2, 0.25) is 0 Å². The summed E-state index contributed by atoms with van der Waals surface area (Å²) in [6.45, 7) is 3.11. The molecule has 146 valence electrons. The summed E-state index contributed by atoms with van der Waals surface area (Å²) in [7, 11) is 0. The number of carbonyl (C=O) groups is 1. The zero-order chi connectivity index (χ0) is 19.1. The minimum atomic E-state index is 0.0438. The summed E-state index contributed by atoms with van der Waals surface area (Å²) >= 11 is 6.21. The molecule has 1 fully saturated rings. The van der Waals surface area contributed by atoms with Crippen molar-refractivity contribution in [1.29, 1.82) is 0 Å². The fourth-order valence-corrected chi connectivity index (χ4v) is 4.95. The van der Waals surface area contributed by atoms with Crippen molar-refractivity contribution < 1.29 is 14.3 Å². The predicted octanol–water partition coefficient (Wildman–Crippen LogP) is 4.30. The van der Waals surface area contributed by atoms with Crippen molar-refractivity contribution in [2.75, 3.05) is 26.3 Å². The van der Waals surface area contributed by atoms with Crippen LogP contribution < -0.4 is 9.47 Å². The smallest absolute Gasteiger partial charge is 0.255 e. The second kappa shape index (κ2) is 7.32. The highest BCUT2D eigenvalue weighted by Crippen LogP contribution is 2.42. The maximum Gasteiger partial charge on any atom is 0.255 e. The normalized spacial score (nSPS) is 18.4. The molecule has 0 unspecified atom stereocenters. The van der Waals surface area contributed by atoms with Gasteiger partial charge in [-0.25, -0.2) is 0 Å². The van der Waals surface area contributed by atoms with E-state index in [9.17, 15) is 4.79 Å². The van der Waals surface area contributed by atoms with Crippen LogP contribution in [-0.4, -0.2) is 37.1 Å². The summed E-state index contributed by atoms with van der Waals surface area (Å²) in [5, 5.41) is 0.530. The highest BCUT2D eigenvalue weighted by molar-refractivity contribution is 6.33. The molecule has 28 heavy (non-hydrogen) atoms. The first-order chi connectivity index (χ1) is 13.7. The first kappa shape index (κ1) is 17.9. The summed E-state index contributed by atoms with van der Waals surface area (Å²) < 4.78 is 11.8. The fourth-order valence-electron chi connectivity index (χ4n) is 4.73. The third-order valence-corrected chi connectivity index (χ3v) is 6.59. The molecule has 0 radical (unpaired) electrons. The highest BCUT2D eigenvalue weighted by atomic mass is 35.5. The molecule has 3 aliphatic heterocycles. The van der Waals surface area contributed by atoms with Gasteiger partial charge >= 0.3 is 0 Å². The fraction of sp³-hybridized carbons (Fsp3) is 0.435. The first-order valence-electron chi connectivity index (χ1n) is 10.2. The molecule has 0 aromatic heterocycles. The SMILES string of the molecule is O=C(c1ccccc1Cl)N1CCC(Cc2c3c(cc4c2OCC4)OCC3)CC1. The van der Waals surface area contributed by atoms with E-state index >= 15 is 0 Å². The van der Waals surface area contributed by atoms with Crippen LogP contribution in [0.1, 0.15) is 39.9 Å². The number of piperidine rings is 1. The maximum atomic E-state index is 12.8. The Bertz CT molecular complexity index is 886. The number of halogens is 1. The molecule has 5 rings (SSSR count). The van der Waals surface area contributed by atoms with Crippen molar-refractivity contribution in [1.82, 2.24) is 4.90 Å². The van der Waals surface area contributed by atoms with Crippen LogP contribution in [0.2, 0.25) is 5.02 Å². The van der Waals surface area contributed by atoms with Crippen LogP contribution in [0.25, 0.3) is 0 Å². The summed E-state index contributed by atoms with van der Waals surface area (Å²) in [4.78, 5) is 14.7. The molecule has 3 aliphatic rings. The quantitative estimate of drug-likeness (QED) is 0.774. The van der Waals surface area contributed by atoms with Crippen molar-refractivity contribution in [3.8, 4) is 11.5 Å². The lowest BCUT2D eigenvalue weighted by Crippen LogP contribution is -2.39. The first-order valence-corrected chi connectivity index (χ1v) is 10.6. The number of nitrogens with zero attached hydrogens (tertiary/aromatic N) is 1. The van der Waals surface area contributed by atoms with E-state index in [2.05, 4.69) is 6.07 Å². The molecule has 2 aromatic rings. The Morgan fingerprint density at radius 1 is 1.11 bits per heavy atom. The van der Waals surface area contributed by atoms with Crippen LogP contribution in [0.15, 0.2) is 30.3 Å². The second-order valence-electron chi connectivity index (χ2n) is 7.94. The van der Waals surface area contributed by atoms with E-state index in [0.29, 0.717) is 16.5 Å². The Hall–Kier alpha value is -2.20. The number of hydrogen-bond acceptors (Lipinski definition) is 3. The van der Waals surface area contributed by atoms with Crippen LogP contribution in [0.5, 0.6) is 11.5 Å². The zero-order valence-corrected chi connectivity index (χ0v) is 16.6. The lowest BCUT2D eigenvalue weighted by atomic mass is 9.86. The number of amides is 1. The summed E-state index contributed by atoms with van der Waals surface area (Å²) in [6.07, 6.45) is 4.99. The van der Waals surface area contributed by atoms with E-state index in [1.165, 1.54) is 16.7 Å². The topological polar surface area (TPSA) is 38.8 Å². The number of fused-ring (bicyclic) bond motifs is 2. The molecule has 1 amide bonds. The van der Waals surface area contributed by atoms with Gasteiger partial charge in [-0.1, -0.05) is 23.7 Å². The van der Waals surface area contributed by atoms with Crippen LogP contribution in [0, 0.1) is 5.92 Å². The Balaban J connectivity index is 1.29. The number of benzene rings is 2. The highest BCUT2D eigenvalue weighted by Gasteiger charge is 2.30. The Labute approximate surface area is 170 Å². The molecular weight excluding hydrogens is 374 g/mol. The van der Waals surface area contributed by atoms with Gasteiger partial charge < -0.3 is 14.4 Å². The lowest BCUT2D eigenvalue weighted by molar-refractivity contribution is 0.0690. The summed E-state index contributed by atoms with van der Waals surface area (Å²) in [5.41, 5.74) is 4.60. The van der Waals surface area contributed by atoms with E-state index in [-0.39, 0.29) is 5.91 Å². The van der Waals surface area contributed by atoms with Gasteiger partial charge in [0.25, 0.3) is 5.91 Å². The molecule has 1 saturated heterocycles. The third-order valence-electron chi connectivity index (χ3n) is 6.26. The second-order valence-corrected chi connectivity index (χ2v) is 8.34. The van der Waals surface area contributed by atoms with E-state index in [0.717, 1.165) is 69.9 Å². The van der Waals surface area contributed by atoms with Gasteiger partial charge in [-0.15, -0.1) is 0 Å². The molecule has 0 aliphatic carbocycles. The van der Waals surface area contributed by atoms with Crippen LogP contribution in [0.4, 0.5) is 0 Å². The molecule has 0 N–H and O–H groups in total. The largest absolute Gasteiger partial charge is 0.493 e. The van der Waals surface area contributed by atoms with Gasteiger partial charge in [-0.3, -0.25) is 4.79 Å². The number of likely N-dealkylation sites (tertiary alicyclic amines) is 1. The molecule has 4 nitrogen and oxygen atoms in total. The molecule has 0 atom stereocenters. The van der Waals surface area contributed by atoms with E-state index < -0.39 is 0 Å². The molecule has 3 heterocycles. The molecule has 5 heteroatoms. The van der Waals surface area contributed by atoms with Crippen LogP contribution >= 0.6 is 11.6 Å². The predicted molar refractivity (Wildman–Crippen MR) is 109 cm³/mol. The van der Waals surface area contributed by atoms with Gasteiger partial charge in [0.15, 0.2) is 0 Å². The van der Waals surface area contributed by atoms with E-state index in [4.69, 9.17) is 21.1 Å². The average Bonchev–Trinajstić information content (AvgIpc) is 3.37. The molecule has 0 saturated carbocycles. The minimum Gasteiger partial charge on any atom is -0.493 e. The number of rotatable bonds is 3. The summed E-state index contributed by atoms with van der Waals surface area (Å²) in [6, 6.07) is 9.49. The minimum absolute atomic E-state index is 0.0438. The van der Waals surface area contributed by atoms with Gasteiger partial charge in [0.05, 0.1) is 23.8 Å². The van der Waals surface area contributed by atoms with Crippen molar-refractivity contribution in [2.24, 2.45) is 5.92 Å². The van der Waals surface area contributed by atoms with Crippen molar-refractivity contribution in [3.63, 3.8) is 0 Å². The van der Waals surface area contributed by atoms with Gasteiger partial charge in [-0.2, -0.15) is 0 Å². The standard InChI is InChI=1S/C23H24ClNO3/c24-20-4-2-1-3-18(20)23(26)25-9-5-15(6-10-25)13-19-17-8-12-27-21(17)14-16-7-11-28-22(16)19/h1-4,14-15H,5-13H2. The van der Waals surface area contributed by atoms with Crippen molar-refractivity contribution in [3.05, 3.63) is 57.6 Å². The Morgan fingerprint density at radius 2 is 1.89 bits per heavy atom. The van der Waals surface area contributed by atoms with Gasteiger partial charge in [0.1, 0.15) is 11.5 Å². The molecule has 0 bridgehead atoms. The average molecular weight is 398 g/mol. The molecule has 2 aromatic carbocycles. The van der Waals surface area contributed by atoms with Gasteiger partial charge in [0, 0.05) is 42.6 Å². The van der Waals surface area contributed by atoms with Crippen molar-refractivity contribution >= 4 is 17.5 Å². The maximum absolute atomic E-state index is 12.8.